The van der Waals surface area contributed by atoms with E-state index in [1.54, 1.807) is 13.2 Å². The number of hydrogen-bond donors (Lipinski definition) is 2. The van der Waals surface area contributed by atoms with Gasteiger partial charge in [0.1, 0.15) is 11.6 Å². The van der Waals surface area contributed by atoms with E-state index in [4.69, 9.17) is 9.84 Å². The Balaban J connectivity index is 1.95. The molecule has 0 aliphatic heterocycles. The normalized spacial score (nSPS) is 9.95. The fourth-order valence-electron chi connectivity index (χ4n) is 1.56. The van der Waals surface area contributed by atoms with E-state index < -0.39 is 5.97 Å². The molecule has 1 aromatic carbocycles. The maximum Gasteiger partial charge on any atom is 0.337 e. The number of rotatable bonds is 5. The van der Waals surface area contributed by atoms with Crippen molar-refractivity contribution in [1.29, 1.82) is 0 Å². The third-order valence-corrected chi connectivity index (χ3v) is 2.64. The molecule has 1 heterocycles. The van der Waals surface area contributed by atoms with Crippen LogP contribution in [0.4, 0.5) is 5.82 Å². The lowest BCUT2D eigenvalue weighted by Gasteiger charge is -2.06. The first-order valence-electron chi connectivity index (χ1n) is 5.75. The molecule has 0 amide bonds. The number of methoxy groups -OCH3 is 1. The van der Waals surface area contributed by atoms with Crippen LogP contribution < -0.4 is 10.1 Å². The zero-order chi connectivity index (χ0) is 13.7. The molecule has 19 heavy (non-hydrogen) atoms. The number of benzene rings is 1. The number of ether oxygens (including phenoxy) is 1. The maximum absolute atomic E-state index is 10.7. The van der Waals surface area contributed by atoms with E-state index in [0.29, 0.717) is 12.4 Å². The number of nitrogens with zero attached hydrogens (tertiary/aromatic N) is 1. The molecule has 2 aromatic rings. The molecule has 0 aliphatic rings. The van der Waals surface area contributed by atoms with Crippen LogP contribution in [0.3, 0.4) is 0 Å². The summed E-state index contributed by atoms with van der Waals surface area (Å²) < 4.78 is 5.08. The van der Waals surface area contributed by atoms with Crippen molar-refractivity contribution < 1.29 is 14.6 Å². The Morgan fingerprint density at radius 1 is 1.26 bits per heavy atom. The van der Waals surface area contributed by atoms with Gasteiger partial charge in [-0.15, -0.1) is 0 Å². The second-order valence-electron chi connectivity index (χ2n) is 3.94. The van der Waals surface area contributed by atoms with Gasteiger partial charge in [-0.3, -0.25) is 0 Å². The minimum atomic E-state index is -0.978. The van der Waals surface area contributed by atoms with Crippen LogP contribution in [-0.2, 0) is 6.54 Å². The number of nitrogens with one attached hydrogen (secondary N) is 1. The molecule has 2 rings (SSSR count). The summed E-state index contributed by atoms with van der Waals surface area (Å²) in [4.78, 5) is 14.7. The van der Waals surface area contributed by atoms with Gasteiger partial charge in [0.25, 0.3) is 0 Å². The Kier molecular flexibility index (Phi) is 3.97. The number of carbonyl (C=O) groups is 1. The summed E-state index contributed by atoms with van der Waals surface area (Å²) in [7, 11) is 1.63. The van der Waals surface area contributed by atoms with Crippen LogP contribution >= 0.6 is 0 Å². The van der Waals surface area contributed by atoms with Crippen molar-refractivity contribution in [3.05, 3.63) is 53.7 Å². The summed E-state index contributed by atoms with van der Waals surface area (Å²) in [6.07, 6.45) is 1.33. The molecule has 5 nitrogen and oxygen atoms in total. The van der Waals surface area contributed by atoms with Crippen molar-refractivity contribution in [3.8, 4) is 5.75 Å². The van der Waals surface area contributed by atoms with Crippen LogP contribution in [0.1, 0.15) is 15.9 Å². The van der Waals surface area contributed by atoms with E-state index in [1.165, 1.54) is 12.3 Å². The van der Waals surface area contributed by atoms with E-state index in [2.05, 4.69) is 10.3 Å². The van der Waals surface area contributed by atoms with Crippen LogP contribution in [0.25, 0.3) is 0 Å². The Labute approximate surface area is 110 Å². The highest BCUT2D eigenvalue weighted by atomic mass is 16.5. The molecule has 0 fully saturated rings. The van der Waals surface area contributed by atoms with Crippen molar-refractivity contribution in [2.75, 3.05) is 12.4 Å². The molecule has 2 N–H and O–H groups in total. The Morgan fingerprint density at radius 3 is 2.53 bits per heavy atom. The van der Waals surface area contributed by atoms with Gasteiger partial charge in [0.05, 0.1) is 12.7 Å². The highest BCUT2D eigenvalue weighted by molar-refractivity contribution is 5.87. The zero-order valence-corrected chi connectivity index (χ0v) is 10.5. The number of aromatic carboxylic acids is 1. The molecule has 98 valence electrons. The summed E-state index contributed by atoms with van der Waals surface area (Å²) in [6, 6.07) is 10.9. The van der Waals surface area contributed by atoms with Crippen molar-refractivity contribution >= 4 is 11.8 Å². The van der Waals surface area contributed by atoms with E-state index in [0.717, 1.165) is 11.3 Å². The number of carboxylic acids is 1. The lowest BCUT2D eigenvalue weighted by Crippen LogP contribution is -2.03. The van der Waals surface area contributed by atoms with Crippen LogP contribution in [0.2, 0.25) is 0 Å². The molecule has 0 saturated carbocycles. The average molecular weight is 258 g/mol. The third kappa shape index (κ3) is 3.45. The minimum Gasteiger partial charge on any atom is -0.497 e. The number of hydrogen-bond acceptors (Lipinski definition) is 4. The average Bonchev–Trinajstić information content (AvgIpc) is 2.46. The van der Waals surface area contributed by atoms with Crippen molar-refractivity contribution in [1.82, 2.24) is 4.98 Å². The summed E-state index contributed by atoms with van der Waals surface area (Å²) in [5, 5.41) is 11.9. The van der Waals surface area contributed by atoms with Crippen LogP contribution in [0.15, 0.2) is 42.6 Å². The van der Waals surface area contributed by atoms with Gasteiger partial charge in [-0.2, -0.15) is 0 Å². The third-order valence-electron chi connectivity index (χ3n) is 2.64. The smallest absolute Gasteiger partial charge is 0.337 e. The summed E-state index contributed by atoms with van der Waals surface area (Å²) >= 11 is 0. The van der Waals surface area contributed by atoms with E-state index in [9.17, 15) is 4.79 Å². The van der Waals surface area contributed by atoms with Crippen molar-refractivity contribution in [3.63, 3.8) is 0 Å². The maximum atomic E-state index is 10.7. The summed E-state index contributed by atoms with van der Waals surface area (Å²) in [5.41, 5.74) is 1.26. The largest absolute Gasteiger partial charge is 0.497 e. The quantitative estimate of drug-likeness (QED) is 0.861. The van der Waals surface area contributed by atoms with Gasteiger partial charge in [-0.1, -0.05) is 12.1 Å². The van der Waals surface area contributed by atoms with Crippen molar-refractivity contribution in [2.45, 2.75) is 6.54 Å². The Hall–Kier alpha value is -2.56. The first kappa shape index (κ1) is 12.9. The molecule has 5 heteroatoms. The van der Waals surface area contributed by atoms with Crippen LogP contribution in [-0.4, -0.2) is 23.2 Å². The highest BCUT2D eigenvalue weighted by Crippen LogP contribution is 2.13. The minimum absolute atomic E-state index is 0.176. The standard InChI is InChI=1S/C14H14N2O3/c1-19-12-5-2-10(3-6-12)8-15-13-7-4-11(9-16-13)14(17)18/h2-7,9H,8H2,1H3,(H,15,16)(H,17,18). The lowest BCUT2D eigenvalue weighted by atomic mass is 10.2. The van der Waals surface area contributed by atoms with Crippen LogP contribution in [0.5, 0.6) is 5.75 Å². The van der Waals surface area contributed by atoms with E-state index in [1.807, 2.05) is 24.3 Å². The Bertz CT molecular complexity index is 550. The van der Waals surface area contributed by atoms with Gasteiger partial charge in [0.2, 0.25) is 0 Å². The number of pyridine rings is 1. The van der Waals surface area contributed by atoms with Gasteiger partial charge in [0.15, 0.2) is 0 Å². The van der Waals surface area contributed by atoms with Crippen molar-refractivity contribution in [2.24, 2.45) is 0 Å². The topological polar surface area (TPSA) is 71.5 Å². The molecule has 0 bridgehead atoms. The molecular weight excluding hydrogens is 244 g/mol. The van der Waals surface area contributed by atoms with Gasteiger partial charge in [-0.25, -0.2) is 9.78 Å². The number of carboxylic acid groups (broad SMARTS) is 1. The fourth-order valence-corrected chi connectivity index (χ4v) is 1.56. The number of aromatic nitrogens is 1. The molecule has 0 aliphatic carbocycles. The molecule has 0 radical (unpaired) electrons. The first-order chi connectivity index (χ1) is 9.19. The predicted octanol–water partition coefficient (Wildman–Crippen LogP) is 2.40. The Morgan fingerprint density at radius 2 is 2.00 bits per heavy atom. The molecule has 0 spiro atoms. The monoisotopic (exact) mass is 258 g/mol. The SMILES string of the molecule is COc1ccc(CNc2ccc(C(=O)O)cn2)cc1. The predicted molar refractivity (Wildman–Crippen MR) is 71.5 cm³/mol. The van der Waals surface area contributed by atoms with Gasteiger partial charge in [-0.05, 0) is 29.8 Å². The molecule has 1 aromatic heterocycles. The molecule has 0 unspecified atom stereocenters. The van der Waals surface area contributed by atoms with E-state index in [-0.39, 0.29) is 5.56 Å². The van der Waals surface area contributed by atoms with Gasteiger partial charge >= 0.3 is 5.97 Å². The van der Waals surface area contributed by atoms with Gasteiger partial charge in [0, 0.05) is 12.7 Å². The lowest BCUT2D eigenvalue weighted by molar-refractivity contribution is 0.0696. The summed E-state index contributed by atoms with van der Waals surface area (Å²) in [5.74, 6) is 0.475. The zero-order valence-electron chi connectivity index (χ0n) is 10.5. The molecule has 0 saturated heterocycles. The molecule has 0 atom stereocenters. The second-order valence-corrected chi connectivity index (χ2v) is 3.94. The number of anilines is 1. The fraction of sp³-hybridized carbons (Fsp3) is 0.143. The van der Waals surface area contributed by atoms with E-state index >= 15 is 0 Å². The van der Waals surface area contributed by atoms with Crippen LogP contribution in [0, 0.1) is 0 Å². The first-order valence-corrected chi connectivity index (χ1v) is 5.75. The van der Waals surface area contributed by atoms with Gasteiger partial charge < -0.3 is 15.2 Å². The molecular formula is C14H14N2O3. The summed E-state index contributed by atoms with van der Waals surface area (Å²) in [6.45, 7) is 0.614. The highest BCUT2D eigenvalue weighted by Gasteiger charge is 2.02. The second kappa shape index (κ2) is 5.86.